The second-order valence-electron chi connectivity index (χ2n) is 7.01. The highest BCUT2D eigenvalue weighted by Gasteiger charge is 2.29. The first-order valence-electron chi connectivity index (χ1n) is 8.96. The average molecular weight is 340 g/mol. The van der Waals surface area contributed by atoms with Crippen molar-refractivity contribution in [3.8, 4) is 5.82 Å². The molecule has 0 unspecified atom stereocenters. The zero-order valence-electron chi connectivity index (χ0n) is 14.3. The van der Waals surface area contributed by atoms with Gasteiger partial charge < -0.3 is 15.5 Å². The lowest BCUT2D eigenvalue weighted by atomic mass is 10.2. The fraction of sp³-hybridized carbons (Fsp3) is 0.500. The first kappa shape index (κ1) is 16.1. The molecule has 1 saturated carbocycles. The molecule has 2 aromatic rings. The summed E-state index contributed by atoms with van der Waals surface area (Å²) in [5.41, 5.74) is 1.01. The van der Waals surface area contributed by atoms with Crippen LogP contribution in [0.25, 0.3) is 5.82 Å². The molecule has 2 aliphatic rings. The molecular formula is C18H24N6O. The molecule has 1 aliphatic carbocycles. The van der Waals surface area contributed by atoms with Crippen LogP contribution in [0.15, 0.2) is 37.1 Å². The summed E-state index contributed by atoms with van der Waals surface area (Å²) < 4.78 is 1.84. The lowest BCUT2D eigenvalue weighted by Crippen LogP contribution is -2.43. The second-order valence-corrected chi connectivity index (χ2v) is 7.01. The van der Waals surface area contributed by atoms with Crippen molar-refractivity contribution >= 4 is 6.03 Å². The molecule has 2 N–H and O–H groups in total. The Morgan fingerprint density at radius 2 is 2.20 bits per heavy atom. The molecule has 0 radical (unpaired) electrons. The van der Waals surface area contributed by atoms with E-state index in [9.17, 15) is 4.79 Å². The largest absolute Gasteiger partial charge is 0.334 e. The number of rotatable bonds is 6. The Balaban J connectivity index is 1.24. The maximum Gasteiger partial charge on any atom is 0.315 e. The summed E-state index contributed by atoms with van der Waals surface area (Å²) in [6.07, 6.45) is 10.8. The van der Waals surface area contributed by atoms with Crippen LogP contribution in [-0.4, -0.2) is 51.1 Å². The second kappa shape index (κ2) is 7.23. The Bertz CT molecular complexity index is 712. The van der Waals surface area contributed by atoms with Gasteiger partial charge in [-0.3, -0.25) is 4.57 Å². The predicted molar refractivity (Wildman–Crippen MR) is 94.3 cm³/mol. The molecule has 25 heavy (non-hydrogen) atoms. The number of carbonyl (C=O) groups is 1. The van der Waals surface area contributed by atoms with Crippen molar-refractivity contribution in [3.05, 3.63) is 42.6 Å². The minimum absolute atomic E-state index is 0.0979. The number of hydrogen-bond acceptors (Lipinski definition) is 4. The lowest BCUT2D eigenvalue weighted by molar-refractivity contribution is 0.235. The summed E-state index contributed by atoms with van der Waals surface area (Å²) in [6.45, 7) is 3.76. The van der Waals surface area contributed by atoms with Gasteiger partial charge in [0.15, 0.2) is 0 Å². The van der Waals surface area contributed by atoms with Gasteiger partial charge in [0.1, 0.15) is 12.1 Å². The normalized spacial score (nSPS) is 20.6. The number of urea groups is 1. The van der Waals surface area contributed by atoms with E-state index in [0.29, 0.717) is 6.54 Å². The van der Waals surface area contributed by atoms with Gasteiger partial charge in [0.2, 0.25) is 0 Å². The van der Waals surface area contributed by atoms with E-state index >= 15 is 0 Å². The van der Waals surface area contributed by atoms with E-state index in [0.717, 1.165) is 36.8 Å². The van der Waals surface area contributed by atoms with E-state index in [1.807, 2.05) is 22.9 Å². The van der Waals surface area contributed by atoms with Gasteiger partial charge in [-0.05, 0) is 42.9 Å². The third-order valence-corrected chi connectivity index (χ3v) is 4.85. The maximum atomic E-state index is 12.2. The van der Waals surface area contributed by atoms with Gasteiger partial charge in [-0.2, -0.15) is 0 Å². The summed E-state index contributed by atoms with van der Waals surface area (Å²) in [5.74, 6) is 1.70. The monoisotopic (exact) mass is 340 g/mol. The van der Waals surface area contributed by atoms with Crippen LogP contribution in [0, 0.1) is 5.92 Å². The van der Waals surface area contributed by atoms with Crippen LogP contribution in [0.2, 0.25) is 0 Å². The first-order valence-corrected chi connectivity index (χ1v) is 8.96. The standard InChI is InChI=1S/C18H24N6O/c25-18(22-16-4-7-23(12-16)11-14-1-2-14)21-10-15-3-5-20-17(9-15)24-8-6-19-13-24/h3,5-6,8-9,13-14,16H,1-2,4,7,10-12H2,(H2,21,22,25)/t16-/m0/s1. The Kier molecular flexibility index (Phi) is 4.65. The Morgan fingerprint density at radius 3 is 3.00 bits per heavy atom. The SMILES string of the molecule is O=C(NCc1ccnc(-n2ccnc2)c1)N[C@H]1CCN(CC2CC2)C1. The Labute approximate surface area is 147 Å². The summed E-state index contributed by atoms with van der Waals surface area (Å²) in [4.78, 5) is 23.0. The molecule has 2 aromatic heterocycles. The molecule has 3 heterocycles. The quantitative estimate of drug-likeness (QED) is 0.837. The van der Waals surface area contributed by atoms with Crippen molar-refractivity contribution in [3.63, 3.8) is 0 Å². The Hall–Kier alpha value is -2.41. The molecular weight excluding hydrogens is 316 g/mol. The van der Waals surface area contributed by atoms with Crippen LogP contribution < -0.4 is 10.6 Å². The molecule has 7 heteroatoms. The van der Waals surface area contributed by atoms with Gasteiger partial charge in [0.25, 0.3) is 0 Å². The molecule has 1 atom stereocenters. The van der Waals surface area contributed by atoms with E-state index in [1.165, 1.54) is 19.4 Å². The molecule has 0 aromatic carbocycles. The van der Waals surface area contributed by atoms with Gasteiger partial charge in [0, 0.05) is 50.8 Å². The van der Waals surface area contributed by atoms with E-state index in [4.69, 9.17) is 0 Å². The summed E-state index contributed by atoms with van der Waals surface area (Å²) in [5, 5.41) is 6.04. The topological polar surface area (TPSA) is 75.1 Å². The molecule has 1 aliphatic heterocycles. The zero-order chi connectivity index (χ0) is 17.1. The zero-order valence-corrected chi connectivity index (χ0v) is 14.3. The van der Waals surface area contributed by atoms with Crippen molar-refractivity contribution < 1.29 is 4.79 Å². The number of likely N-dealkylation sites (tertiary alicyclic amines) is 1. The summed E-state index contributed by atoms with van der Waals surface area (Å²) in [7, 11) is 0. The fourth-order valence-corrected chi connectivity index (χ4v) is 3.31. The van der Waals surface area contributed by atoms with Gasteiger partial charge in [0.05, 0.1) is 0 Å². The third-order valence-electron chi connectivity index (χ3n) is 4.85. The van der Waals surface area contributed by atoms with Crippen LogP contribution in [0.3, 0.4) is 0 Å². The van der Waals surface area contributed by atoms with Crippen molar-refractivity contribution in [2.45, 2.75) is 31.8 Å². The minimum Gasteiger partial charge on any atom is -0.334 e. The van der Waals surface area contributed by atoms with E-state index < -0.39 is 0 Å². The van der Waals surface area contributed by atoms with Gasteiger partial charge >= 0.3 is 6.03 Å². The first-order chi connectivity index (χ1) is 12.3. The van der Waals surface area contributed by atoms with Crippen molar-refractivity contribution in [1.29, 1.82) is 0 Å². The van der Waals surface area contributed by atoms with E-state index in [-0.39, 0.29) is 12.1 Å². The van der Waals surface area contributed by atoms with Gasteiger partial charge in [-0.1, -0.05) is 0 Å². The van der Waals surface area contributed by atoms with Crippen molar-refractivity contribution in [2.75, 3.05) is 19.6 Å². The smallest absolute Gasteiger partial charge is 0.315 e. The number of hydrogen-bond donors (Lipinski definition) is 2. The van der Waals surface area contributed by atoms with Crippen LogP contribution in [0.1, 0.15) is 24.8 Å². The van der Waals surface area contributed by atoms with Crippen LogP contribution in [-0.2, 0) is 6.54 Å². The van der Waals surface area contributed by atoms with E-state index in [1.54, 1.807) is 18.7 Å². The average Bonchev–Trinajstić information content (AvgIpc) is 3.10. The predicted octanol–water partition coefficient (Wildman–Crippen LogP) is 1.55. The highest BCUT2D eigenvalue weighted by Crippen LogP contribution is 2.30. The molecule has 2 amide bonds. The number of nitrogens with one attached hydrogen (secondary N) is 2. The molecule has 132 valence electrons. The minimum atomic E-state index is -0.0979. The molecule has 0 bridgehead atoms. The number of aromatic nitrogens is 3. The number of carbonyl (C=O) groups excluding carboxylic acids is 1. The molecule has 2 fully saturated rings. The molecule has 4 rings (SSSR count). The number of nitrogens with zero attached hydrogens (tertiary/aromatic N) is 4. The number of amides is 2. The van der Waals surface area contributed by atoms with Crippen LogP contribution >= 0.6 is 0 Å². The third kappa shape index (κ3) is 4.36. The fourth-order valence-electron chi connectivity index (χ4n) is 3.31. The van der Waals surface area contributed by atoms with Crippen molar-refractivity contribution in [2.24, 2.45) is 5.92 Å². The van der Waals surface area contributed by atoms with Gasteiger partial charge in [-0.25, -0.2) is 14.8 Å². The molecule has 0 spiro atoms. The van der Waals surface area contributed by atoms with Crippen LogP contribution in [0.5, 0.6) is 0 Å². The highest BCUT2D eigenvalue weighted by atomic mass is 16.2. The molecule has 7 nitrogen and oxygen atoms in total. The maximum absolute atomic E-state index is 12.2. The number of imidazole rings is 1. The Morgan fingerprint density at radius 1 is 1.28 bits per heavy atom. The van der Waals surface area contributed by atoms with Crippen LogP contribution in [0.4, 0.5) is 4.79 Å². The van der Waals surface area contributed by atoms with Gasteiger partial charge in [-0.15, -0.1) is 0 Å². The highest BCUT2D eigenvalue weighted by molar-refractivity contribution is 5.74. The molecule has 1 saturated heterocycles. The number of pyridine rings is 1. The van der Waals surface area contributed by atoms with Crippen molar-refractivity contribution in [1.82, 2.24) is 30.1 Å². The lowest BCUT2D eigenvalue weighted by Gasteiger charge is -2.16. The van der Waals surface area contributed by atoms with E-state index in [2.05, 4.69) is 25.5 Å². The summed E-state index contributed by atoms with van der Waals surface area (Å²) in [6, 6.07) is 4.03. The summed E-state index contributed by atoms with van der Waals surface area (Å²) >= 11 is 0.